The first kappa shape index (κ1) is 15.5. The van der Waals surface area contributed by atoms with Crippen LogP contribution >= 0.6 is 0 Å². The zero-order chi connectivity index (χ0) is 15.4. The molecule has 2 rings (SSSR count). The second kappa shape index (κ2) is 6.74. The van der Waals surface area contributed by atoms with Crippen LogP contribution in [-0.4, -0.2) is 33.3 Å². The Kier molecular flexibility index (Phi) is 4.98. The van der Waals surface area contributed by atoms with Crippen molar-refractivity contribution < 1.29 is 14.7 Å². The first-order chi connectivity index (χ1) is 9.97. The van der Waals surface area contributed by atoms with Gasteiger partial charge in [-0.05, 0) is 45.6 Å². The quantitative estimate of drug-likeness (QED) is 0.779. The molecule has 0 aromatic carbocycles. The molecular formula is C15H23N3O3. The summed E-state index contributed by atoms with van der Waals surface area (Å²) >= 11 is 0. The van der Waals surface area contributed by atoms with Gasteiger partial charge < -0.3 is 10.4 Å². The molecule has 2 N–H and O–H groups in total. The summed E-state index contributed by atoms with van der Waals surface area (Å²) in [4.78, 5) is 22.8. The largest absolute Gasteiger partial charge is 0.481 e. The van der Waals surface area contributed by atoms with Crippen LogP contribution in [0.3, 0.4) is 0 Å². The van der Waals surface area contributed by atoms with E-state index in [1.165, 1.54) is 0 Å². The van der Waals surface area contributed by atoms with Crippen molar-refractivity contribution in [3.05, 3.63) is 17.5 Å². The predicted octanol–water partition coefficient (Wildman–Crippen LogP) is 1.51. The van der Waals surface area contributed by atoms with Crippen molar-refractivity contribution in [2.24, 2.45) is 11.8 Å². The van der Waals surface area contributed by atoms with Gasteiger partial charge in [0.25, 0.3) is 0 Å². The van der Waals surface area contributed by atoms with Crippen molar-refractivity contribution in [2.75, 3.05) is 6.54 Å². The molecule has 0 unspecified atom stereocenters. The van der Waals surface area contributed by atoms with E-state index in [2.05, 4.69) is 10.4 Å². The smallest absolute Gasteiger partial charge is 0.306 e. The van der Waals surface area contributed by atoms with Gasteiger partial charge in [0, 0.05) is 24.7 Å². The van der Waals surface area contributed by atoms with Crippen LogP contribution in [0.15, 0.2) is 6.07 Å². The highest BCUT2D eigenvalue weighted by Crippen LogP contribution is 2.31. The minimum atomic E-state index is -0.783. The average molecular weight is 293 g/mol. The van der Waals surface area contributed by atoms with Crippen LogP contribution in [-0.2, 0) is 16.1 Å². The van der Waals surface area contributed by atoms with Crippen molar-refractivity contribution in [1.82, 2.24) is 15.1 Å². The summed E-state index contributed by atoms with van der Waals surface area (Å²) in [5.74, 6) is -1.28. The Morgan fingerprint density at radius 3 is 2.67 bits per heavy atom. The first-order valence-electron chi connectivity index (χ1n) is 7.49. The number of carboxylic acids is 1. The van der Waals surface area contributed by atoms with Crippen molar-refractivity contribution in [2.45, 2.75) is 46.1 Å². The lowest BCUT2D eigenvalue weighted by Gasteiger charge is -2.11. The minimum Gasteiger partial charge on any atom is -0.481 e. The van der Waals surface area contributed by atoms with Crippen LogP contribution in [0.5, 0.6) is 0 Å². The van der Waals surface area contributed by atoms with Crippen LogP contribution in [0.25, 0.3) is 0 Å². The lowest BCUT2D eigenvalue weighted by molar-refractivity contribution is -0.141. The molecule has 0 bridgehead atoms. The van der Waals surface area contributed by atoms with Crippen LogP contribution in [0.4, 0.5) is 0 Å². The fourth-order valence-corrected chi connectivity index (χ4v) is 2.93. The van der Waals surface area contributed by atoms with Crippen molar-refractivity contribution in [1.29, 1.82) is 0 Å². The fourth-order valence-electron chi connectivity index (χ4n) is 2.93. The Bertz CT molecular complexity index is 524. The molecule has 21 heavy (non-hydrogen) atoms. The average Bonchev–Trinajstić information content (AvgIpc) is 3.02. The second-order valence-electron chi connectivity index (χ2n) is 5.84. The summed E-state index contributed by atoms with van der Waals surface area (Å²) in [6.07, 6.45) is 2.58. The molecule has 1 aliphatic carbocycles. The van der Waals surface area contributed by atoms with Gasteiger partial charge in [-0.15, -0.1) is 0 Å². The molecule has 6 nitrogen and oxygen atoms in total. The summed E-state index contributed by atoms with van der Waals surface area (Å²) in [5.41, 5.74) is 2.13. The fraction of sp³-hybridized carbons (Fsp3) is 0.667. The summed E-state index contributed by atoms with van der Waals surface area (Å²) in [6.45, 7) is 5.36. The maximum atomic E-state index is 12.0. The zero-order valence-corrected chi connectivity index (χ0v) is 12.6. The molecule has 1 heterocycles. The topological polar surface area (TPSA) is 84.2 Å². The van der Waals surface area contributed by atoms with Crippen LogP contribution in [0.1, 0.15) is 37.1 Å². The van der Waals surface area contributed by atoms with E-state index in [0.717, 1.165) is 24.4 Å². The van der Waals surface area contributed by atoms with Gasteiger partial charge in [-0.2, -0.15) is 5.10 Å². The zero-order valence-electron chi connectivity index (χ0n) is 12.6. The summed E-state index contributed by atoms with van der Waals surface area (Å²) in [7, 11) is 0. The molecule has 1 fully saturated rings. The van der Waals surface area contributed by atoms with E-state index in [1.54, 1.807) is 0 Å². The predicted molar refractivity (Wildman–Crippen MR) is 77.8 cm³/mol. The first-order valence-corrected chi connectivity index (χ1v) is 7.49. The third kappa shape index (κ3) is 4.06. The van der Waals surface area contributed by atoms with Gasteiger partial charge >= 0.3 is 5.97 Å². The lowest BCUT2D eigenvalue weighted by Crippen LogP contribution is -2.31. The molecule has 0 spiro atoms. The van der Waals surface area contributed by atoms with E-state index < -0.39 is 5.97 Å². The minimum absolute atomic E-state index is 0.00730. The molecule has 0 aliphatic heterocycles. The van der Waals surface area contributed by atoms with Gasteiger partial charge in [-0.3, -0.25) is 14.3 Å². The number of aryl methyl sites for hydroxylation is 3. The van der Waals surface area contributed by atoms with E-state index in [9.17, 15) is 9.59 Å². The van der Waals surface area contributed by atoms with E-state index in [1.807, 2.05) is 24.6 Å². The van der Waals surface area contributed by atoms with Gasteiger partial charge in [0.2, 0.25) is 5.91 Å². The number of aliphatic carboxylic acids is 1. The Hall–Kier alpha value is -1.85. The molecule has 1 saturated carbocycles. The van der Waals surface area contributed by atoms with Gasteiger partial charge in [0.15, 0.2) is 0 Å². The second-order valence-corrected chi connectivity index (χ2v) is 5.84. The van der Waals surface area contributed by atoms with E-state index in [0.29, 0.717) is 25.8 Å². The van der Waals surface area contributed by atoms with Gasteiger partial charge in [0.05, 0.1) is 11.6 Å². The molecule has 1 aromatic heterocycles. The molecule has 1 aromatic rings. The highest BCUT2D eigenvalue weighted by molar-refractivity contribution is 5.80. The van der Waals surface area contributed by atoms with Crippen LogP contribution in [0.2, 0.25) is 0 Å². The standard InChI is InChI=1S/C15H23N3O3/c1-10-8-11(2)18(17-10)7-3-6-16-14(19)12-4-5-13(9-12)15(20)21/h8,12-13H,3-7,9H2,1-2H3,(H,16,19)(H,20,21)/t12-,13+/m1/s1. The molecule has 1 aliphatic rings. The number of carbonyl (C=O) groups is 2. The van der Waals surface area contributed by atoms with Gasteiger partial charge in [0.1, 0.15) is 0 Å². The highest BCUT2D eigenvalue weighted by atomic mass is 16.4. The molecule has 0 saturated heterocycles. The summed E-state index contributed by atoms with van der Waals surface area (Å²) in [5, 5.41) is 16.2. The normalized spacial score (nSPS) is 21.4. The van der Waals surface area contributed by atoms with Gasteiger partial charge in [-0.25, -0.2) is 0 Å². The number of hydrogen-bond acceptors (Lipinski definition) is 3. The number of rotatable bonds is 6. The number of hydrogen-bond donors (Lipinski definition) is 2. The van der Waals surface area contributed by atoms with E-state index in [4.69, 9.17) is 5.11 Å². The van der Waals surface area contributed by atoms with Crippen molar-refractivity contribution >= 4 is 11.9 Å². The molecular weight excluding hydrogens is 270 g/mol. The molecule has 6 heteroatoms. The Morgan fingerprint density at radius 1 is 1.38 bits per heavy atom. The number of carboxylic acid groups (broad SMARTS) is 1. The molecule has 1 amide bonds. The lowest BCUT2D eigenvalue weighted by atomic mass is 10.0. The van der Waals surface area contributed by atoms with Crippen LogP contribution < -0.4 is 5.32 Å². The third-order valence-electron chi connectivity index (χ3n) is 4.10. The molecule has 116 valence electrons. The Balaban J connectivity index is 1.68. The maximum Gasteiger partial charge on any atom is 0.306 e. The van der Waals surface area contributed by atoms with Crippen molar-refractivity contribution in [3.8, 4) is 0 Å². The maximum absolute atomic E-state index is 12.0. The number of amides is 1. The number of nitrogens with one attached hydrogen (secondary N) is 1. The Labute approximate surface area is 124 Å². The van der Waals surface area contributed by atoms with E-state index in [-0.39, 0.29) is 17.7 Å². The SMILES string of the molecule is Cc1cc(C)n(CCCNC(=O)[C@@H]2CC[C@H](C(=O)O)C2)n1. The van der Waals surface area contributed by atoms with E-state index >= 15 is 0 Å². The van der Waals surface area contributed by atoms with Crippen LogP contribution in [0, 0.1) is 25.7 Å². The molecule has 2 atom stereocenters. The van der Waals surface area contributed by atoms with Gasteiger partial charge in [-0.1, -0.05) is 0 Å². The summed E-state index contributed by atoms with van der Waals surface area (Å²) < 4.78 is 1.94. The Morgan fingerprint density at radius 2 is 2.10 bits per heavy atom. The third-order valence-corrected chi connectivity index (χ3v) is 4.10. The number of nitrogens with zero attached hydrogens (tertiary/aromatic N) is 2. The number of carbonyl (C=O) groups excluding carboxylic acids is 1. The molecule has 0 radical (unpaired) electrons. The number of aromatic nitrogens is 2. The highest BCUT2D eigenvalue weighted by Gasteiger charge is 2.33. The summed E-state index contributed by atoms with van der Waals surface area (Å²) in [6, 6.07) is 2.03. The monoisotopic (exact) mass is 293 g/mol. The van der Waals surface area contributed by atoms with Crippen molar-refractivity contribution in [3.63, 3.8) is 0 Å².